The molecule has 56 heavy (non-hydrogen) atoms. The van der Waals surface area contributed by atoms with Crippen LogP contribution in [0.15, 0.2) is 74.0 Å². The number of hydrogen-bond donors (Lipinski definition) is 4. The molecule has 1 aliphatic rings. The van der Waals surface area contributed by atoms with Gasteiger partial charge in [-0.3, -0.25) is 39.3 Å². The van der Waals surface area contributed by atoms with E-state index in [2.05, 4.69) is 50.4 Å². The van der Waals surface area contributed by atoms with E-state index in [9.17, 15) is 19.2 Å². The second kappa shape index (κ2) is 16.9. The van der Waals surface area contributed by atoms with Crippen molar-refractivity contribution >= 4 is 57.7 Å². The van der Waals surface area contributed by atoms with Crippen molar-refractivity contribution in [3.05, 3.63) is 96.2 Å². The summed E-state index contributed by atoms with van der Waals surface area (Å²) in [7, 11) is 0. The standard InChI is InChI=1S/C36H36N14O6/c37-30(51)22-12-26-29(28(14-22)56-9-3-4-48-7-10-55-11-8-48)49(35(44-26)46-33(53)24-15-39-20-40-16-24)5-1-2-6-50-32-27(13-23(19-43-32)31(38)52)45-36(50)47-34(54)25-17-41-21-42-18-25/h1-2,12-21H,3-11H2,(H2,37,51)(H2,38,52)(H,44,46,53)(H,45,47,54)/b2-1+. The first-order valence-electron chi connectivity index (χ1n) is 17.5. The predicted molar refractivity (Wildman–Crippen MR) is 201 cm³/mol. The van der Waals surface area contributed by atoms with Gasteiger partial charge in [0, 0.05) is 69.3 Å². The third-order valence-corrected chi connectivity index (χ3v) is 8.78. The number of carbonyl (C=O) groups is 4. The minimum Gasteiger partial charge on any atom is -0.491 e. The lowest BCUT2D eigenvalue weighted by atomic mass is 10.1. The number of hydrogen-bond acceptors (Lipinski definition) is 14. The van der Waals surface area contributed by atoms with Crippen molar-refractivity contribution in [2.75, 3.05) is 50.1 Å². The normalized spacial score (nSPS) is 13.3. The number of nitrogens with zero attached hydrogens (tertiary/aromatic N) is 10. The number of anilines is 2. The van der Waals surface area contributed by atoms with Gasteiger partial charge in [-0.1, -0.05) is 12.2 Å². The van der Waals surface area contributed by atoms with E-state index in [0.717, 1.165) is 19.6 Å². The predicted octanol–water partition coefficient (Wildman–Crippen LogP) is 1.42. The van der Waals surface area contributed by atoms with Crippen molar-refractivity contribution in [3.8, 4) is 5.75 Å². The Bertz CT molecular complexity index is 2430. The van der Waals surface area contributed by atoms with Gasteiger partial charge in [-0.15, -0.1) is 0 Å². The quantitative estimate of drug-likeness (QED) is 0.0852. The number of ether oxygens (including phenoxy) is 2. The molecular formula is C36H36N14O6. The molecule has 6 N–H and O–H groups in total. The van der Waals surface area contributed by atoms with E-state index in [0.29, 0.717) is 54.2 Å². The van der Waals surface area contributed by atoms with Crippen LogP contribution in [0.5, 0.6) is 5.75 Å². The zero-order valence-electron chi connectivity index (χ0n) is 29.9. The minimum absolute atomic E-state index is 0.144. The number of pyridine rings is 1. The van der Waals surface area contributed by atoms with Gasteiger partial charge in [-0.25, -0.2) is 34.9 Å². The van der Waals surface area contributed by atoms with Crippen molar-refractivity contribution in [2.45, 2.75) is 19.5 Å². The van der Waals surface area contributed by atoms with Gasteiger partial charge in [0.2, 0.25) is 23.7 Å². The fourth-order valence-corrected chi connectivity index (χ4v) is 6.00. The third-order valence-electron chi connectivity index (χ3n) is 8.78. The van der Waals surface area contributed by atoms with Crippen LogP contribution in [0, 0.1) is 0 Å². The molecule has 1 saturated heterocycles. The molecule has 5 aromatic heterocycles. The lowest BCUT2D eigenvalue weighted by Crippen LogP contribution is -2.37. The van der Waals surface area contributed by atoms with Crippen molar-refractivity contribution in [2.24, 2.45) is 11.5 Å². The van der Waals surface area contributed by atoms with Crippen LogP contribution in [-0.2, 0) is 17.8 Å². The lowest BCUT2D eigenvalue weighted by molar-refractivity contribution is 0.0358. The molecule has 0 atom stereocenters. The molecule has 0 spiro atoms. The van der Waals surface area contributed by atoms with Gasteiger partial charge in [-0.05, 0) is 24.6 Å². The van der Waals surface area contributed by atoms with E-state index in [-0.39, 0.29) is 47.2 Å². The highest BCUT2D eigenvalue weighted by molar-refractivity contribution is 6.05. The molecule has 0 saturated carbocycles. The summed E-state index contributed by atoms with van der Waals surface area (Å²) >= 11 is 0. The molecule has 6 aromatic rings. The molecule has 1 fully saturated rings. The van der Waals surface area contributed by atoms with Gasteiger partial charge >= 0.3 is 0 Å². The molecule has 0 radical (unpaired) electrons. The molecule has 0 bridgehead atoms. The van der Waals surface area contributed by atoms with Crippen LogP contribution in [0.2, 0.25) is 0 Å². The van der Waals surface area contributed by atoms with Gasteiger partial charge in [0.25, 0.3) is 11.8 Å². The second-order valence-electron chi connectivity index (χ2n) is 12.5. The first kappa shape index (κ1) is 37.1. The van der Waals surface area contributed by atoms with Gasteiger partial charge in [0.15, 0.2) is 5.65 Å². The number of imidazole rings is 2. The zero-order valence-corrected chi connectivity index (χ0v) is 29.9. The van der Waals surface area contributed by atoms with E-state index in [1.165, 1.54) is 55.8 Å². The molecule has 1 aromatic carbocycles. The smallest absolute Gasteiger partial charge is 0.261 e. The molecule has 20 heteroatoms. The number of carbonyl (C=O) groups excluding carboxylic acids is 4. The van der Waals surface area contributed by atoms with E-state index < -0.39 is 23.6 Å². The van der Waals surface area contributed by atoms with Gasteiger partial charge in [0.1, 0.15) is 29.4 Å². The molecule has 1 aliphatic heterocycles. The number of nitrogens with two attached hydrogens (primary N) is 2. The lowest BCUT2D eigenvalue weighted by Gasteiger charge is -2.26. The molecule has 286 valence electrons. The molecular weight excluding hydrogens is 724 g/mol. The average Bonchev–Trinajstić information content (AvgIpc) is 3.74. The molecule has 0 unspecified atom stereocenters. The summed E-state index contributed by atoms with van der Waals surface area (Å²) in [6, 6.07) is 4.59. The molecule has 7 rings (SSSR count). The van der Waals surface area contributed by atoms with E-state index in [1.807, 2.05) is 6.08 Å². The number of aromatic nitrogens is 9. The molecule has 4 amide bonds. The van der Waals surface area contributed by atoms with Crippen LogP contribution in [0.4, 0.5) is 11.9 Å². The summed E-state index contributed by atoms with van der Waals surface area (Å²) in [5, 5.41) is 5.59. The van der Waals surface area contributed by atoms with Crippen LogP contribution in [0.25, 0.3) is 22.2 Å². The van der Waals surface area contributed by atoms with Crippen molar-refractivity contribution in [3.63, 3.8) is 0 Å². The maximum absolute atomic E-state index is 13.3. The SMILES string of the molecule is NC(=O)c1cnc2c(c1)nc(NC(=O)c1cncnc1)n2C/C=C/Cn1c(NC(=O)c2cncnc2)nc2cc(C(N)=O)cc(OCCCN3CCOCC3)c21. The monoisotopic (exact) mass is 760 g/mol. The van der Waals surface area contributed by atoms with Crippen LogP contribution in [-0.4, -0.2) is 112 Å². The van der Waals surface area contributed by atoms with Crippen molar-refractivity contribution in [1.82, 2.24) is 48.9 Å². The van der Waals surface area contributed by atoms with Crippen LogP contribution in [0.3, 0.4) is 0 Å². The van der Waals surface area contributed by atoms with Gasteiger partial charge < -0.3 is 25.5 Å². The number of fused-ring (bicyclic) bond motifs is 2. The van der Waals surface area contributed by atoms with Crippen LogP contribution >= 0.6 is 0 Å². The average molecular weight is 761 g/mol. The summed E-state index contributed by atoms with van der Waals surface area (Å²) in [6.45, 7) is 4.49. The summed E-state index contributed by atoms with van der Waals surface area (Å²) in [6.07, 6.45) is 13.7. The second-order valence-corrected chi connectivity index (χ2v) is 12.5. The maximum Gasteiger partial charge on any atom is 0.261 e. The Morgan fingerprint density at radius 1 is 0.732 bits per heavy atom. The number of allylic oxidation sites excluding steroid dienone is 2. The Hall–Kier alpha value is -7.19. The van der Waals surface area contributed by atoms with Gasteiger partial charge in [0.05, 0.1) is 42.0 Å². The molecule has 6 heterocycles. The molecule has 20 nitrogen and oxygen atoms in total. The van der Waals surface area contributed by atoms with E-state index in [4.69, 9.17) is 20.9 Å². The number of nitrogens with one attached hydrogen (secondary N) is 2. The first-order chi connectivity index (χ1) is 27.2. The highest BCUT2D eigenvalue weighted by Crippen LogP contribution is 2.31. The topological polar surface area (TPSA) is 266 Å². The summed E-state index contributed by atoms with van der Waals surface area (Å²) in [5.41, 5.74) is 13.5. The van der Waals surface area contributed by atoms with E-state index in [1.54, 1.807) is 21.3 Å². The van der Waals surface area contributed by atoms with Crippen molar-refractivity contribution in [1.29, 1.82) is 0 Å². The van der Waals surface area contributed by atoms with Crippen LogP contribution < -0.4 is 26.8 Å². The number of amides is 4. The fraction of sp³-hybridized carbons (Fsp3) is 0.250. The largest absolute Gasteiger partial charge is 0.491 e. The van der Waals surface area contributed by atoms with Gasteiger partial charge in [-0.2, -0.15) is 0 Å². The fourth-order valence-electron chi connectivity index (χ4n) is 6.00. The van der Waals surface area contributed by atoms with Crippen molar-refractivity contribution < 1.29 is 28.7 Å². The summed E-state index contributed by atoms with van der Waals surface area (Å²) in [4.78, 5) is 82.2. The van der Waals surface area contributed by atoms with E-state index >= 15 is 0 Å². The highest BCUT2D eigenvalue weighted by atomic mass is 16.5. The number of benzene rings is 1. The Labute approximate surface area is 318 Å². The number of rotatable bonds is 15. The Balaban J connectivity index is 1.20. The number of primary amides is 2. The summed E-state index contributed by atoms with van der Waals surface area (Å²) in [5.74, 6) is -1.71. The Morgan fingerprint density at radius 3 is 1.93 bits per heavy atom. The highest BCUT2D eigenvalue weighted by Gasteiger charge is 2.21. The molecule has 0 aliphatic carbocycles. The maximum atomic E-state index is 13.3. The summed E-state index contributed by atoms with van der Waals surface area (Å²) < 4.78 is 15.1. The first-order valence-corrected chi connectivity index (χ1v) is 17.5. The minimum atomic E-state index is -0.681. The van der Waals surface area contributed by atoms with Crippen LogP contribution in [0.1, 0.15) is 47.9 Å². The zero-order chi connectivity index (χ0) is 39.0. The Morgan fingerprint density at radius 2 is 1.30 bits per heavy atom. The third kappa shape index (κ3) is 8.45. The number of morpholine rings is 1. The Kier molecular flexibility index (Phi) is 11.2.